The fraction of sp³-hybridized carbons (Fsp3) is 0.462. The molecule has 0 aliphatic carbocycles. The van der Waals surface area contributed by atoms with E-state index in [0.717, 1.165) is 5.56 Å². The molecule has 0 aliphatic heterocycles. The molecule has 0 bridgehead atoms. The predicted molar refractivity (Wildman–Crippen MR) is 71.1 cm³/mol. The summed E-state index contributed by atoms with van der Waals surface area (Å²) in [4.78, 5) is 13.1. The molecule has 6 heteroatoms. The number of nitrogens with one attached hydrogen (secondary N) is 1. The smallest absolute Gasteiger partial charge is 0.251 e. The second-order valence-corrected chi connectivity index (χ2v) is 4.31. The molecule has 19 heavy (non-hydrogen) atoms. The number of hydrogen-bond acceptors (Lipinski definition) is 3. The first-order valence-corrected chi connectivity index (χ1v) is 6.07. The maximum Gasteiger partial charge on any atom is 0.251 e. The van der Waals surface area contributed by atoms with E-state index in [1.165, 1.54) is 4.90 Å². The van der Waals surface area contributed by atoms with Gasteiger partial charge in [-0.3, -0.25) is 4.79 Å². The highest BCUT2D eigenvalue weighted by Crippen LogP contribution is 2.14. The van der Waals surface area contributed by atoms with Crippen LogP contribution in [0.5, 0.6) is 0 Å². The van der Waals surface area contributed by atoms with Gasteiger partial charge in [0.1, 0.15) is 0 Å². The van der Waals surface area contributed by atoms with Crippen molar-refractivity contribution in [3.8, 4) is 0 Å². The topological polar surface area (TPSA) is 58.4 Å². The summed E-state index contributed by atoms with van der Waals surface area (Å²) in [5, 5.41) is 2.74. The van der Waals surface area contributed by atoms with Gasteiger partial charge in [0.2, 0.25) is 5.91 Å². The molecule has 0 aromatic heterocycles. The lowest BCUT2D eigenvalue weighted by atomic mass is 10.1. The van der Waals surface area contributed by atoms with Gasteiger partial charge in [-0.1, -0.05) is 18.2 Å². The lowest BCUT2D eigenvalue weighted by molar-refractivity contribution is -0.116. The average molecular weight is 271 g/mol. The molecule has 1 amide bonds. The molecule has 0 fully saturated rings. The van der Waals surface area contributed by atoms with Crippen molar-refractivity contribution in [2.45, 2.75) is 19.4 Å². The molecule has 0 saturated heterocycles. The molecule has 0 saturated carbocycles. The number of nitrogens with zero attached hydrogens (tertiary/aromatic N) is 1. The Hall–Kier alpha value is -1.53. The van der Waals surface area contributed by atoms with Crippen LogP contribution in [0.2, 0.25) is 0 Å². The van der Waals surface area contributed by atoms with Gasteiger partial charge in [-0.15, -0.1) is 0 Å². The molecular formula is C13H19F2N3O. The fourth-order valence-electron chi connectivity index (χ4n) is 1.65. The van der Waals surface area contributed by atoms with Crippen molar-refractivity contribution in [1.82, 2.24) is 4.90 Å². The molecule has 106 valence electrons. The minimum atomic E-state index is -2.38. The Labute approximate surface area is 111 Å². The van der Waals surface area contributed by atoms with Crippen LogP contribution in [0.3, 0.4) is 0 Å². The first-order valence-electron chi connectivity index (χ1n) is 6.07. The van der Waals surface area contributed by atoms with Crippen LogP contribution in [0.25, 0.3) is 0 Å². The van der Waals surface area contributed by atoms with Gasteiger partial charge in [-0.2, -0.15) is 0 Å². The van der Waals surface area contributed by atoms with Crippen LogP contribution in [0.1, 0.15) is 12.0 Å². The molecule has 1 aromatic carbocycles. The minimum Gasteiger partial charge on any atom is -0.326 e. The van der Waals surface area contributed by atoms with E-state index in [9.17, 15) is 13.6 Å². The van der Waals surface area contributed by atoms with E-state index in [4.69, 9.17) is 5.73 Å². The van der Waals surface area contributed by atoms with E-state index < -0.39 is 6.43 Å². The third kappa shape index (κ3) is 5.76. The number of halogens is 2. The Morgan fingerprint density at radius 1 is 1.42 bits per heavy atom. The number of nitrogens with two attached hydrogens (primary N) is 1. The highest BCUT2D eigenvalue weighted by molar-refractivity contribution is 5.91. The number of carbonyl (C=O) groups is 1. The summed E-state index contributed by atoms with van der Waals surface area (Å²) < 4.78 is 24.2. The van der Waals surface area contributed by atoms with Crippen LogP contribution < -0.4 is 11.1 Å². The molecule has 3 N–H and O–H groups in total. The third-order valence-corrected chi connectivity index (χ3v) is 2.68. The van der Waals surface area contributed by atoms with Crippen molar-refractivity contribution in [2.24, 2.45) is 5.73 Å². The zero-order chi connectivity index (χ0) is 14.3. The van der Waals surface area contributed by atoms with E-state index in [2.05, 4.69) is 5.32 Å². The molecule has 0 atom stereocenters. The van der Waals surface area contributed by atoms with Crippen LogP contribution in [0, 0.1) is 0 Å². The Balaban J connectivity index is 2.43. The van der Waals surface area contributed by atoms with Gasteiger partial charge >= 0.3 is 0 Å². The number of hydrogen-bond donors (Lipinski definition) is 2. The Morgan fingerprint density at radius 2 is 2.11 bits per heavy atom. The number of anilines is 1. The van der Waals surface area contributed by atoms with Gasteiger partial charge < -0.3 is 16.0 Å². The van der Waals surface area contributed by atoms with Crippen molar-refractivity contribution in [1.29, 1.82) is 0 Å². The molecule has 0 aliphatic rings. The quantitative estimate of drug-likeness (QED) is 0.793. The zero-order valence-corrected chi connectivity index (χ0v) is 10.9. The molecule has 1 aromatic rings. The molecule has 0 unspecified atom stereocenters. The molecule has 4 nitrogen and oxygen atoms in total. The molecule has 1 rings (SSSR count). The second-order valence-electron chi connectivity index (χ2n) is 4.31. The van der Waals surface area contributed by atoms with E-state index in [-0.39, 0.29) is 18.9 Å². The van der Waals surface area contributed by atoms with E-state index in [0.29, 0.717) is 18.8 Å². The van der Waals surface area contributed by atoms with Gasteiger partial charge in [0, 0.05) is 25.2 Å². The van der Waals surface area contributed by atoms with Crippen molar-refractivity contribution in [3.63, 3.8) is 0 Å². The first kappa shape index (κ1) is 15.5. The van der Waals surface area contributed by atoms with Crippen LogP contribution in [-0.4, -0.2) is 37.4 Å². The average Bonchev–Trinajstić information content (AvgIpc) is 2.36. The molecular weight excluding hydrogens is 252 g/mol. The largest absolute Gasteiger partial charge is 0.326 e. The van der Waals surface area contributed by atoms with Crippen LogP contribution in [0.4, 0.5) is 14.5 Å². The number of benzene rings is 1. The van der Waals surface area contributed by atoms with E-state index in [1.807, 2.05) is 12.1 Å². The van der Waals surface area contributed by atoms with Gasteiger partial charge in [-0.25, -0.2) is 8.78 Å². The maximum atomic E-state index is 12.1. The zero-order valence-electron chi connectivity index (χ0n) is 10.9. The van der Waals surface area contributed by atoms with Crippen molar-refractivity contribution in [2.75, 3.05) is 25.5 Å². The van der Waals surface area contributed by atoms with E-state index >= 15 is 0 Å². The molecule has 0 heterocycles. The van der Waals surface area contributed by atoms with Gasteiger partial charge in [0.05, 0.1) is 6.54 Å². The lowest BCUT2D eigenvalue weighted by Gasteiger charge is -2.16. The van der Waals surface area contributed by atoms with Crippen LogP contribution in [-0.2, 0) is 11.3 Å². The number of para-hydroxylation sites is 1. The summed E-state index contributed by atoms with van der Waals surface area (Å²) >= 11 is 0. The summed E-state index contributed by atoms with van der Waals surface area (Å²) in [6.45, 7) is 0.301. The summed E-state index contributed by atoms with van der Waals surface area (Å²) in [5.41, 5.74) is 7.08. The van der Waals surface area contributed by atoms with Crippen molar-refractivity contribution >= 4 is 11.6 Å². The first-order chi connectivity index (χ1) is 9.02. The molecule has 0 radical (unpaired) electrons. The Morgan fingerprint density at radius 3 is 2.74 bits per heavy atom. The highest BCUT2D eigenvalue weighted by Gasteiger charge is 2.10. The fourth-order valence-corrected chi connectivity index (χ4v) is 1.65. The second kappa shape index (κ2) is 7.81. The monoisotopic (exact) mass is 271 g/mol. The minimum absolute atomic E-state index is 0.169. The third-order valence-electron chi connectivity index (χ3n) is 2.68. The number of rotatable bonds is 7. The van der Waals surface area contributed by atoms with Gasteiger partial charge in [-0.05, 0) is 18.7 Å². The lowest BCUT2D eigenvalue weighted by Crippen LogP contribution is -2.28. The number of alkyl halides is 2. The normalized spacial score (nSPS) is 11.1. The summed E-state index contributed by atoms with van der Waals surface area (Å²) in [5.74, 6) is -0.206. The van der Waals surface area contributed by atoms with E-state index in [1.54, 1.807) is 19.2 Å². The highest BCUT2D eigenvalue weighted by atomic mass is 19.3. The number of amides is 1. The van der Waals surface area contributed by atoms with Gasteiger partial charge in [0.15, 0.2) is 0 Å². The Kier molecular flexibility index (Phi) is 6.38. The summed E-state index contributed by atoms with van der Waals surface area (Å²) in [7, 11) is 1.56. The van der Waals surface area contributed by atoms with Crippen molar-refractivity contribution < 1.29 is 13.6 Å². The maximum absolute atomic E-state index is 12.1. The standard InChI is InChI=1S/C13H19F2N3O/c1-18(9-12(14)15)7-6-13(19)17-11-5-3-2-4-10(11)8-16/h2-5,12H,6-9,16H2,1H3,(H,17,19). The predicted octanol–water partition coefficient (Wildman–Crippen LogP) is 1.67. The molecule has 0 spiro atoms. The Bertz CT molecular complexity index is 413. The summed E-state index contributed by atoms with van der Waals surface area (Å²) in [6.07, 6.45) is -2.21. The van der Waals surface area contributed by atoms with Gasteiger partial charge in [0.25, 0.3) is 6.43 Å². The van der Waals surface area contributed by atoms with Crippen LogP contribution >= 0.6 is 0 Å². The number of carbonyl (C=O) groups excluding carboxylic acids is 1. The summed E-state index contributed by atoms with van der Waals surface area (Å²) in [6, 6.07) is 7.24. The van der Waals surface area contributed by atoms with Crippen LogP contribution in [0.15, 0.2) is 24.3 Å². The van der Waals surface area contributed by atoms with Crippen molar-refractivity contribution in [3.05, 3.63) is 29.8 Å². The SMILES string of the molecule is CN(CCC(=O)Nc1ccccc1CN)CC(F)F.